The first-order valence-corrected chi connectivity index (χ1v) is 11.2. The molecule has 4 rings (SSSR count). The number of hydrogen-bond donors (Lipinski definition) is 2. The smallest absolute Gasteiger partial charge is 0.257 e. The van der Waals surface area contributed by atoms with Crippen LogP contribution in [0, 0.1) is 0 Å². The van der Waals surface area contributed by atoms with Crippen molar-refractivity contribution in [2.75, 3.05) is 48.3 Å². The number of nitrogens with one attached hydrogen (secondary N) is 2. The first-order valence-electron chi connectivity index (χ1n) is 10.8. The number of carbonyl (C=O) groups excluding carboxylic acids is 2. The second-order valence-electron chi connectivity index (χ2n) is 7.67. The molecule has 9 heteroatoms. The van der Waals surface area contributed by atoms with E-state index in [1.165, 1.54) is 6.20 Å². The second-order valence-corrected chi connectivity index (χ2v) is 8.08. The largest absolute Gasteiger partial charge is 0.354 e. The number of aromatic nitrogens is 2. The van der Waals surface area contributed by atoms with Crippen molar-refractivity contribution in [1.82, 2.24) is 14.9 Å². The standard InChI is InChI=1S/C24H25ClN6O2/c1-2-30-10-12-31(13-11-30)22-8-5-18(16-27-22)23(32)28-19-6-7-20(25)21(14-19)29-24(33)17-4-3-9-26-15-17/h3-9,14-16H,2,10-13H2,1H3,(H,28,32)(H,29,33). The number of hydrogen-bond acceptors (Lipinski definition) is 6. The van der Waals surface area contributed by atoms with Gasteiger partial charge in [0.1, 0.15) is 5.82 Å². The zero-order valence-corrected chi connectivity index (χ0v) is 19.0. The number of amides is 2. The van der Waals surface area contributed by atoms with Crippen LogP contribution in [0.15, 0.2) is 61.1 Å². The van der Waals surface area contributed by atoms with Gasteiger partial charge >= 0.3 is 0 Å². The lowest BCUT2D eigenvalue weighted by molar-refractivity contribution is 0.101. The molecule has 2 aromatic heterocycles. The van der Waals surface area contributed by atoms with Crippen LogP contribution in [0.2, 0.25) is 5.02 Å². The van der Waals surface area contributed by atoms with Crippen molar-refractivity contribution in [2.24, 2.45) is 0 Å². The number of benzene rings is 1. The van der Waals surface area contributed by atoms with Gasteiger partial charge in [-0.2, -0.15) is 0 Å². The van der Waals surface area contributed by atoms with Crippen molar-refractivity contribution in [2.45, 2.75) is 6.92 Å². The van der Waals surface area contributed by atoms with E-state index in [0.29, 0.717) is 27.5 Å². The summed E-state index contributed by atoms with van der Waals surface area (Å²) >= 11 is 6.23. The molecule has 1 aromatic carbocycles. The highest BCUT2D eigenvalue weighted by molar-refractivity contribution is 6.34. The molecule has 3 heterocycles. The number of piperazine rings is 1. The third-order valence-corrected chi connectivity index (χ3v) is 5.88. The summed E-state index contributed by atoms with van der Waals surface area (Å²) in [5.74, 6) is 0.235. The lowest BCUT2D eigenvalue weighted by Gasteiger charge is -2.34. The molecule has 0 radical (unpaired) electrons. The van der Waals surface area contributed by atoms with Gasteiger partial charge in [0.25, 0.3) is 11.8 Å². The predicted molar refractivity (Wildman–Crippen MR) is 130 cm³/mol. The molecule has 0 aliphatic carbocycles. The molecular weight excluding hydrogens is 440 g/mol. The third kappa shape index (κ3) is 5.66. The van der Waals surface area contributed by atoms with Gasteiger partial charge in [-0.15, -0.1) is 0 Å². The minimum atomic E-state index is -0.340. The maximum Gasteiger partial charge on any atom is 0.257 e. The highest BCUT2D eigenvalue weighted by atomic mass is 35.5. The van der Waals surface area contributed by atoms with Gasteiger partial charge in [-0.3, -0.25) is 14.6 Å². The molecule has 0 spiro atoms. The summed E-state index contributed by atoms with van der Waals surface area (Å²) in [6.07, 6.45) is 4.64. The van der Waals surface area contributed by atoms with Gasteiger partial charge in [0.2, 0.25) is 0 Å². The maximum atomic E-state index is 12.7. The Bertz CT molecular complexity index is 1120. The van der Waals surface area contributed by atoms with E-state index >= 15 is 0 Å². The number of pyridine rings is 2. The maximum absolute atomic E-state index is 12.7. The van der Waals surface area contributed by atoms with E-state index in [9.17, 15) is 9.59 Å². The van der Waals surface area contributed by atoms with E-state index in [0.717, 1.165) is 38.5 Å². The monoisotopic (exact) mass is 464 g/mol. The van der Waals surface area contributed by atoms with Crippen LogP contribution < -0.4 is 15.5 Å². The molecule has 1 saturated heterocycles. The van der Waals surface area contributed by atoms with Crippen LogP contribution in [-0.2, 0) is 0 Å². The molecule has 3 aromatic rings. The average molecular weight is 465 g/mol. The fraction of sp³-hybridized carbons (Fsp3) is 0.250. The van der Waals surface area contributed by atoms with Gasteiger partial charge in [-0.1, -0.05) is 18.5 Å². The Kier molecular flexibility index (Phi) is 7.16. The zero-order chi connectivity index (χ0) is 23.2. The van der Waals surface area contributed by atoms with Crippen molar-refractivity contribution in [1.29, 1.82) is 0 Å². The van der Waals surface area contributed by atoms with Gasteiger partial charge < -0.3 is 20.4 Å². The molecular formula is C24H25ClN6O2. The number of likely N-dealkylation sites (N-methyl/N-ethyl adjacent to an activating group) is 1. The summed E-state index contributed by atoms with van der Waals surface area (Å²) in [6, 6.07) is 11.9. The fourth-order valence-electron chi connectivity index (χ4n) is 3.59. The van der Waals surface area contributed by atoms with Crippen LogP contribution >= 0.6 is 11.6 Å². The number of rotatable bonds is 6. The van der Waals surface area contributed by atoms with E-state index in [-0.39, 0.29) is 11.8 Å². The lowest BCUT2D eigenvalue weighted by Crippen LogP contribution is -2.46. The summed E-state index contributed by atoms with van der Waals surface area (Å²) in [5.41, 5.74) is 1.75. The van der Waals surface area contributed by atoms with Gasteiger partial charge in [0.15, 0.2) is 0 Å². The van der Waals surface area contributed by atoms with E-state index in [4.69, 9.17) is 11.6 Å². The van der Waals surface area contributed by atoms with Crippen LogP contribution in [-0.4, -0.2) is 59.4 Å². The van der Waals surface area contributed by atoms with E-state index in [1.54, 1.807) is 48.8 Å². The first-order chi connectivity index (χ1) is 16.0. The van der Waals surface area contributed by atoms with Gasteiger partial charge in [-0.25, -0.2) is 4.98 Å². The Morgan fingerprint density at radius 3 is 2.39 bits per heavy atom. The van der Waals surface area contributed by atoms with Gasteiger partial charge in [0, 0.05) is 50.5 Å². The Hall–Kier alpha value is -3.49. The summed E-state index contributed by atoms with van der Waals surface area (Å²) in [4.78, 5) is 38.2. The number of carbonyl (C=O) groups is 2. The molecule has 1 aliphatic heterocycles. The van der Waals surface area contributed by atoms with E-state index in [2.05, 4.69) is 37.3 Å². The Balaban J connectivity index is 1.40. The third-order valence-electron chi connectivity index (χ3n) is 5.55. The summed E-state index contributed by atoms with van der Waals surface area (Å²) in [6.45, 7) is 7.09. The molecule has 2 N–H and O–H groups in total. The van der Waals surface area contributed by atoms with Crippen LogP contribution in [0.1, 0.15) is 27.6 Å². The summed E-state index contributed by atoms with van der Waals surface area (Å²) in [7, 11) is 0. The normalized spacial score (nSPS) is 14.1. The van der Waals surface area contributed by atoms with Crippen LogP contribution in [0.25, 0.3) is 0 Å². The molecule has 0 atom stereocenters. The number of nitrogens with zero attached hydrogens (tertiary/aromatic N) is 4. The van der Waals surface area contributed by atoms with Gasteiger partial charge in [-0.05, 0) is 49.0 Å². The lowest BCUT2D eigenvalue weighted by atomic mass is 10.2. The second kappa shape index (κ2) is 10.4. The van der Waals surface area contributed by atoms with Crippen molar-refractivity contribution in [3.05, 3.63) is 77.2 Å². The number of halogens is 1. The van der Waals surface area contributed by atoms with Crippen LogP contribution in [0.4, 0.5) is 17.2 Å². The molecule has 2 amide bonds. The fourth-order valence-corrected chi connectivity index (χ4v) is 3.76. The van der Waals surface area contributed by atoms with Gasteiger partial charge in [0.05, 0.1) is 21.8 Å². The Labute approximate surface area is 197 Å². The van der Waals surface area contributed by atoms with Crippen LogP contribution in [0.5, 0.6) is 0 Å². The first kappa shape index (κ1) is 22.7. The molecule has 1 aliphatic rings. The average Bonchev–Trinajstić information content (AvgIpc) is 2.86. The number of anilines is 3. The molecule has 33 heavy (non-hydrogen) atoms. The SMILES string of the molecule is CCN1CCN(c2ccc(C(=O)Nc3ccc(Cl)c(NC(=O)c4cccnc4)c3)cn2)CC1. The molecule has 0 unspecified atom stereocenters. The Morgan fingerprint density at radius 1 is 0.970 bits per heavy atom. The quantitative estimate of drug-likeness (QED) is 0.577. The molecule has 0 bridgehead atoms. The minimum Gasteiger partial charge on any atom is -0.354 e. The molecule has 1 fully saturated rings. The highest BCUT2D eigenvalue weighted by Gasteiger charge is 2.17. The summed E-state index contributed by atoms with van der Waals surface area (Å²) < 4.78 is 0. The minimum absolute atomic E-state index is 0.295. The van der Waals surface area contributed by atoms with E-state index in [1.807, 2.05) is 6.07 Å². The predicted octanol–water partition coefficient (Wildman–Crippen LogP) is 3.78. The van der Waals surface area contributed by atoms with Crippen molar-refractivity contribution in [3.63, 3.8) is 0 Å². The Morgan fingerprint density at radius 2 is 1.73 bits per heavy atom. The van der Waals surface area contributed by atoms with Crippen molar-refractivity contribution < 1.29 is 9.59 Å². The molecule has 8 nitrogen and oxygen atoms in total. The van der Waals surface area contributed by atoms with Crippen LogP contribution in [0.3, 0.4) is 0 Å². The molecule has 0 saturated carbocycles. The molecule has 170 valence electrons. The van der Waals surface area contributed by atoms with Crippen molar-refractivity contribution >= 4 is 40.6 Å². The zero-order valence-electron chi connectivity index (χ0n) is 18.3. The van der Waals surface area contributed by atoms with Crippen molar-refractivity contribution in [3.8, 4) is 0 Å². The highest BCUT2D eigenvalue weighted by Crippen LogP contribution is 2.26. The summed E-state index contributed by atoms with van der Waals surface area (Å²) in [5, 5.41) is 5.94. The van der Waals surface area contributed by atoms with E-state index < -0.39 is 0 Å². The topological polar surface area (TPSA) is 90.5 Å².